The number of nitrogens with one attached hydrogen (secondary N) is 3. The number of carbonyl (C=O) groups excluding carboxylic acids is 1. The molecule has 9 heteroatoms. The first-order valence-corrected chi connectivity index (χ1v) is 7.94. The molecule has 27 heavy (non-hydrogen) atoms. The van der Waals surface area contributed by atoms with Gasteiger partial charge in [-0.15, -0.1) is 0 Å². The molecule has 1 amide bonds. The average molecular weight is 370 g/mol. The molecule has 0 aliphatic rings. The van der Waals surface area contributed by atoms with Crippen molar-refractivity contribution in [2.24, 2.45) is 0 Å². The highest BCUT2D eigenvalue weighted by molar-refractivity contribution is 5.82. The lowest BCUT2D eigenvalue weighted by Crippen LogP contribution is -2.31. The molecule has 7 nitrogen and oxygen atoms in total. The number of nitrogens with zero attached hydrogens (tertiary/aromatic N) is 2. The van der Waals surface area contributed by atoms with Crippen molar-refractivity contribution in [3.8, 4) is 0 Å². The molecule has 5 N–H and O–H groups in total. The fourth-order valence-corrected chi connectivity index (χ4v) is 2.27. The second kappa shape index (κ2) is 8.09. The van der Waals surface area contributed by atoms with Gasteiger partial charge in [0.1, 0.15) is 23.6 Å². The number of nitrogens with two attached hydrogens (primary N) is 1. The van der Waals surface area contributed by atoms with Crippen LogP contribution in [0, 0.1) is 11.6 Å². The molecule has 2 aromatic carbocycles. The first-order chi connectivity index (χ1) is 13.0. The number of aromatic nitrogens is 2. The van der Waals surface area contributed by atoms with Crippen LogP contribution in [0.1, 0.15) is 5.56 Å². The van der Waals surface area contributed by atoms with Crippen molar-refractivity contribution in [3.05, 3.63) is 72.1 Å². The average Bonchev–Trinajstić information content (AvgIpc) is 2.66. The first kappa shape index (κ1) is 18.1. The van der Waals surface area contributed by atoms with Gasteiger partial charge in [0.15, 0.2) is 11.6 Å². The van der Waals surface area contributed by atoms with Gasteiger partial charge < -0.3 is 11.1 Å². The molecule has 0 atom stereocenters. The second-order valence-electron chi connectivity index (χ2n) is 5.57. The van der Waals surface area contributed by atoms with Crippen LogP contribution in [0.4, 0.5) is 31.8 Å². The molecule has 0 unspecified atom stereocenters. The Morgan fingerprint density at radius 3 is 2.56 bits per heavy atom. The Bertz CT molecular complexity index is 952. The van der Waals surface area contributed by atoms with Gasteiger partial charge in [-0.3, -0.25) is 15.6 Å². The predicted molar refractivity (Wildman–Crippen MR) is 98.0 cm³/mol. The number of nitrogen functional groups attached to an aromatic ring is 1. The molecule has 0 fully saturated rings. The largest absolute Gasteiger partial charge is 0.393 e. The topological polar surface area (TPSA) is 105 Å². The molecule has 0 bridgehead atoms. The van der Waals surface area contributed by atoms with E-state index in [-0.39, 0.29) is 35.3 Å². The maximum atomic E-state index is 13.8. The van der Waals surface area contributed by atoms with Crippen LogP contribution in [-0.4, -0.2) is 15.9 Å². The van der Waals surface area contributed by atoms with Crippen molar-refractivity contribution < 1.29 is 13.6 Å². The monoisotopic (exact) mass is 370 g/mol. The number of benzene rings is 2. The second-order valence-corrected chi connectivity index (χ2v) is 5.57. The summed E-state index contributed by atoms with van der Waals surface area (Å²) in [7, 11) is 0. The van der Waals surface area contributed by atoms with Gasteiger partial charge >= 0.3 is 0 Å². The molecule has 0 saturated carbocycles. The van der Waals surface area contributed by atoms with E-state index < -0.39 is 11.6 Å². The van der Waals surface area contributed by atoms with Crippen LogP contribution >= 0.6 is 0 Å². The normalized spacial score (nSPS) is 10.3. The molecule has 138 valence electrons. The third-order valence-electron chi connectivity index (χ3n) is 3.59. The van der Waals surface area contributed by atoms with Gasteiger partial charge in [0.25, 0.3) is 0 Å². The third-order valence-corrected chi connectivity index (χ3v) is 3.59. The molecule has 3 aromatic rings. The van der Waals surface area contributed by atoms with Crippen molar-refractivity contribution in [2.45, 2.75) is 6.42 Å². The molecule has 1 heterocycles. The predicted octanol–water partition coefficient (Wildman–Crippen LogP) is 2.77. The molecule has 3 rings (SSSR count). The first-order valence-electron chi connectivity index (χ1n) is 7.94. The zero-order valence-electron chi connectivity index (χ0n) is 14.0. The summed E-state index contributed by atoms with van der Waals surface area (Å²) in [6, 6.07) is 12.1. The number of hydrogen-bond donors (Lipinski definition) is 4. The Balaban J connectivity index is 1.67. The Hall–Kier alpha value is -3.75. The van der Waals surface area contributed by atoms with E-state index >= 15 is 0 Å². The Kier molecular flexibility index (Phi) is 5.41. The summed E-state index contributed by atoms with van der Waals surface area (Å²) in [6.07, 6.45) is 1.33. The third kappa shape index (κ3) is 4.66. The van der Waals surface area contributed by atoms with Crippen molar-refractivity contribution in [3.63, 3.8) is 0 Å². The summed E-state index contributed by atoms with van der Waals surface area (Å²) < 4.78 is 27.1. The molecule has 0 aliphatic carbocycles. The number of hydrogen-bond acceptors (Lipinski definition) is 6. The Labute approximate surface area is 153 Å². The lowest BCUT2D eigenvalue weighted by Gasteiger charge is -2.13. The Morgan fingerprint density at radius 1 is 1.04 bits per heavy atom. The van der Waals surface area contributed by atoms with Crippen molar-refractivity contribution in [1.82, 2.24) is 15.4 Å². The lowest BCUT2D eigenvalue weighted by atomic mass is 10.1. The highest BCUT2D eigenvalue weighted by Crippen LogP contribution is 2.27. The fraction of sp³-hybridized carbons (Fsp3) is 0.0556. The van der Waals surface area contributed by atoms with E-state index in [1.807, 2.05) is 30.3 Å². The van der Waals surface area contributed by atoms with Gasteiger partial charge in [-0.25, -0.2) is 18.7 Å². The number of hydrazine groups is 1. The lowest BCUT2D eigenvalue weighted by molar-refractivity contribution is -0.119. The number of amides is 1. The molecule has 1 aromatic heterocycles. The van der Waals surface area contributed by atoms with Gasteiger partial charge in [0.05, 0.1) is 12.1 Å². The molecular formula is C18H16F2N6O. The van der Waals surface area contributed by atoms with E-state index in [1.165, 1.54) is 6.33 Å². The van der Waals surface area contributed by atoms with Crippen LogP contribution in [0.5, 0.6) is 0 Å². The highest BCUT2D eigenvalue weighted by Gasteiger charge is 2.12. The standard InChI is InChI=1S/C18H16F2N6O/c19-12-6-7-13(20)14(9-12)24-17-16(21)18(23-10-22-17)26-25-15(27)8-11-4-2-1-3-5-11/h1-7,9-10H,8,21H2,(H,25,27)(H2,22,23,24,26). The number of halogens is 2. The van der Waals surface area contributed by atoms with E-state index in [4.69, 9.17) is 5.73 Å². The summed E-state index contributed by atoms with van der Waals surface area (Å²) in [5, 5.41) is 2.61. The summed E-state index contributed by atoms with van der Waals surface area (Å²) in [5.74, 6) is -1.40. The SMILES string of the molecule is Nc1c(NNC(=O)Cc2ccccc2)ncnc1Nc1cc(F)ccc1F. The van der Waals surface area contributed by atoms with Crippen LogP contribution in [0.3, 0.4) is 0 Å². The van der Waals surface area contributed by atoms with E-state index in [9.17, 15) is 13.6 Å². The highest BCUT2D eigenvalue weighted by atomic mass is 19.1. The van der Waals surface area contributed by atoms with Gasteiger partial charge in [0.2, 0.25) is 5.91 Å². The van der Waals surface area contributed by atoms with E-state index in [2.05, 4.69) is 26.1 Å². The van der Waals surface area contributed by atoms with Crippen LogP contribution in [0.25, 0.3) is 0 Å². The van der Waals surface area contributed by atoms with Gasteiger partial charge in [-0.1, -0.05) is 30.3 Å². The molecule has 0 saturated heterocycles. The maximum Gasteiger partial charge on any atom is 0.242 e. The van der Waals surface area contributed by atoms with Crippen LogP contribution in [-0.2, 0) is 11.2 Å². The molecular weight excluding hydrogens is 354 g/mol. The van der Waals surface area contributed by atoms with Crippen molar-refractivity contribution in [2.75, 3.05) is 16.5 Å². The fourth-order valence-electron chi connectivity index (χ4n) is 2.27. The van der Waals surface area contributed by atoms with E-state index in [0.29, 0.717) is 0 Å². The summed E-state index contributed by atoms with van der Waals surface area (Å²) in [6.45, 7) is 0. The van der Waals surface area contributed by atoms with E-state index in [0.717, 1.165) is 23.8 Å². The van der Waals surface area contributed by atoms with Gasteiger partial charge in [-0.2, -0.15) is 0 Å². The van der Waals surface area contributed by atoms with Gasteiger partial charge in [0, 0.05) is 6.07 Å². The number of anilines is 4. The van der Waals surface area contributed by atoms with E-state index in [1.54, 1.807) is 0 Å². The minimum absolute atomic E-state index is 0.0289. The van der Waals surface area contributed by atoms with Crippen LogP contribution in [0.2, 0.25) is 0 Å². The van der Waals surface area contributed by atoms with Crippen molar-refractivity contribution in [1.29, 1.82) is 0 Å². The minimum atomic E-state index is -0.667. The van der Waals surface area contributed by atoms with Crippen LogP contribution in [0.15, 0.2) is 54.9 Å². The number of rotatable bonds is 6. The van der Waals surface area contributed by atoms with Crippen LogP contribution < -0.4 is 21.9 Å². The molecule has 0 spiro atoms. The quantitative estimate of drug-likeness (QED) is 0.498. The molecule has 0 radical (unpaired) electrons. The Morgan fingerprint density at radius 2 is 1.78 bits per heavy atom. The zero-order valence-corrected chi connectivity index (χ0v) is 14.0. The summed E-state index contributed by atoms with van der Waals surface area (Å²) in [5.41, 5.74) is 11.8. The van der Waals surface area contributed by atoms with Crippen molar-refractivity contribution >= 4 is 28.9 Å². The summed E-state index contributed by atoms with van der Waals surface area (Å²) >= 11 is 0. The zero-order chi connectivity index (χ0) is 19.2. The smallest absolute Gasteiger partial charge is 0.242 e. The number of carbonyl (C=O) groups is 1. The maximum absolute atomic E-state index is 13.8. The summed E-state index contributed by atoms with van der Waals surface area (Å²) in [4.78, 5) is 19.8. The minimum Gasteiger partial charge on any atom is -0.393 e. The molecule has 0 aliphatic heterocycles. The van der Waals surface area contributed by atoms with Gasteiger partial charge in [-0.05, 0) is 17.7 Å².